The Morgan fingerprint density at radius 3 is 2.53 bits per heavy atom. The van der Waals surface area contributed by atoms with Gasteiger partial charge in [-0.1, -0.05) is 0 Å². The lowest BCUT2D eigenvalue weighted by molar-refractivity contribution is -0.393. The Morgan fingerprint density at radius 2 is 2.00 bits per heavy atom. The van der Waals surface area contributed by atoms with Gasteiger partial charge in [-0.3, -0.25) is 25.1 Å². The molecule has 0 spiro atoms. The van der Waals surface area contributed by atoms with E-state index in [0.29, 0.717) is 12.0 Å². The van der Waals surface area contributed by atoms with Crippen molar-refractivity contribution in [2.45, 2.75) is 6.42 Å². The molecule has 0 bridgehead atoms. The van der Waals surface area contributed by atoms with Crippen LogP contribution in [0.3, 0.4) is 0 Å². The maximum atomic E-state index is 11.5. The molecule has 1 heterocycles. The maximum absolute atomic E-state index is 11.5. The molecule has 1 aromatic carbocycles. The van der Waals surface area contributed by atoms with Gasteiger partial charge in [0.25, 0.3) is 11.4 Å². The van der Waals surface area contributed by atoms with Crippen LogP contribution in [0.2, 0.25) is 0 Å². The molecule has 0 unspecified atom stereocenters. The minimum Gasteiger partial charge on any atom is -0.452 e. The Morgan fingerprint density at radius 1 is 1.32 bits per heavy atom. The molecule has 9 nitrogen and oxygen atoms in total. The third-order valence-electron chi connectivity index (χ3n) is 2.83. The van der Waals surface area contributed by atoms with Crippen LogP contribution in [-0.4, -0.2) is 29.6 Å². The van der Waals surface area contributed by atoms with Gasteiger partial charge in [0.1, 0.15) is 5.69 Å². The largest absolute Gasteiger partial charge is 0.452 e. The van der Waals surface area contributed by atoms with Gasteiger partial charge in [0.15, 0.2) is 0 Å². The normalized spacial score (nSPS) is 13.0. The highest BCUT2D eigenvalue weighted by Crippen LogP contribution is 2.40. The third-order valence-corrected chi connectivity index (χ3v) is 2.83. The van der Waals surface area contributed by atoms with E-state index < -0.39 is 21.6 Å². The summed E-state index contributed by atoms with van der Waals surface area (Å²) in [5.74, 6) is 0. The van der Waals surface area contributed by atoms with Crippen LogP contribution in [0.5, 0.6) is 0 Å². The zero-order chi connectivity index (χ0) is 14.2. The van der Waals surface area contributed by atoms with E-state index in [-0.39, 0.29) is 17.9 Å². The van der Waals surface area contributed by atoms with Gasteiger partial charge in [-0.2, -0.15) is 0 Å². The molecule has 0 aromatic heterocycles. The highest BCUT2D eigenvalue weighted by molar-refractivity contribution is 5.94. The van der Waals surface area contributed by atoms with Crippen molar-refractivity contribution in [3.63, 3.8) is 0 Å². The van der Waals surface area contributed by atoms with Crippen molar-refractivity contribution < 1.29 is 19.4 Å². The number of hydrogen-bond donors (Lipinski definition) is 0. The first-order chi connectivity index (χ1) is 8.95. The monoisotopic (exact) mass is 267 g/mol. The molecule has 1 aliphatic heterocycles. The van der Waals surface area contributed by atoms with Crippen molar-refractivity contribution in [1.82, 2.24) is 0 Å². The number of nitrogens with zero attached hydrogens (tertiary/aromatic N) is 3. The number of benzene rings is 1. The number of rotatable bonds is 2. The van der Waals surface area contributed by atoms with Crippen LogP contribution < -0.4 is 4.90 Å². The second-order valence-corrected chi connectivity index (χ2v) is 3.86. The summed E-state index contributed by atoms with van der Waals surface area (Å²) in [6.45, 7) is 0.198. The Bertz CT molecular complexity index is 585. The molecule has 1 amide bonds. The van der Waals surface area contributed by atoms with Crippen LogP contribution in [0.1, 0.15) is 5.56 Å². The lowest BCUT2D eigenvalue weighted by Crippen LogP contribution is -2.29. The van der Waals surface area contributed by atoms with E-state index in [1.807, 2.05) is 0 Å². The molecule has 0 aliphatic carbocycles. The van der Waals surface area contributed by atoms with Gasteiger partial charge in [0.2, 0.25) is 0 Å². The predicted octanol–water partition coefficient (Wildman–Crippen LogP) is 1.63. The van der Waals surface area contributed by atoms with Crippen molar-refractivity contribution in [2.24, 2.45) is 0 Å². The first-order valence-electron chi connectivity index (χ1n) is 5.27. The summed E-state index contributed by atoms with van der Waals surface area (Å²) in [7, 11) is 1.16. The van der Waals surface area contributed by atoms with Crippen LogP contribution in [0.15, 0.2) is 12.1 Å². The van der Waals surface area contributed by atoms with E-state index in [2.05, 4.69) is 4.74 Å². The summed E-state index contributed by atoms with van der Waals surface area (Å²) < 4.78 is 4.53. The standard InChI is InChI=1S/C10H9N3O6/c1-19-10(14)11-3-2-6-4-7(12(15)16)5-8(9(6)11)13(17)18/h4-5H,2-3H2,1H3. The molecule has 2 rings (SSSR count). The quantitative estimate of drug-likeness (QED) is 0.593. The Balaban J connectivity index is 2.61. The number of anilines is 1. The van der Waals surface area contributed by atoms with Gasteiger partial charge in [-0.25, -0.2) is 4.79 Å². The molecule has 9 heteroatoms. The fraction of sp³-hybridized carbons (Fsp3) is 0.300. The molecule has 0 atom stereocenters. The molecule has 0 saturated heterocycles. The number of hydrogen-bond acceptors (Lipinski definition) is 6. The number of carbonyl (C=O) groups is 1. The molecular weight excluding hydrogens is 258 g/mol. The fourth-order valence-electron chi connectivity index (χ4n) is 2.05. The van der Waals surface area contributed by atoms with Gasteiger partial charge < -0.3 is 4.74 Å². The number of fused-ring (bicyclic) bond motifs is 1. The number of amides is 1. The van der Waals surface area contributed by atoms with Gasteiger partial charge in [-0.05, 0) is 12.0 Å². The van der Waals surface area contributed by atoms with Crippen molar-refractivity contribution in [3.05, 3.63) is 37.9 Å². The van der Waals surface area contributed by atoms with E-state index in [1.165, 1.54) is 6.07 Å². The van der Waals surface area contributed by atoms with Gasteiger partial charge in [0, 0.05) is 12.6 Å². The molecule has 100 valence electrons. The van der Waals surface area contributed by atoms with E-state index in [9.17, 15) is 25.0 Å². The average molecular weight is 267 g/mol. The van der Waals surface area contributed by atoms with Crippen molar-refractivity contribution in [2.75, 3.05) is 18.6 Å². The van der Waals surface area contributed by atoms with Crippen LogP contribution >= 0.6 is 0 Å². The van der Waals surface area contributed by atoms with Crippen LogP contribution in [-0.2, 0) is 11.2 Å². The summed E-state index contributed by atoms with van der Waals surface area (Å²) in [6, 6.07) is 2.09. The Kier molecular flexibility index (Phi) is 3.03. The number of nitro groups is 2. The fourth-order valence-corrected chi connectivity index (χ4v) is 2.05. The maximum Gasteiger partial charge on any atom is 0.414 e. The zero-order valence-electron chi connectivity index (χ0n) is 9.86. The summed E-state index contributed by atoms with van der Waals surface area (Å²) >= 11 is 0. The van der Waals surface area contributed by atoms with E-state index in [1.54, 1.807) is 0 Å². The minimum atomic E-state index is -0.743. The Hall–Kier alpha value is -2.71. The van der Waals surface area contributed by atoms with Gasteiger partial charge in [0.05, 0.1) is 23.0 Å². The SMILES string of the molecule is COC(=O)N1CCc2cc([N+](=O)[O-])cc([N+](=O)[O-])c21. The highest BCUT2D eigenvalue weighted by Gasteiger charge is 2.35. The summed E-state index contributed by atoms with van der Waals surface area (Å²) in [4.78, 5) is 32.9. The van der Waals surface area contributed by atoms with Crippen LogP contribution in [0, 0.1) is 20.2 Å². The van der Waals surface area contributed by atoms with Crippen molar-refractivity contribution in [1.29, 1.82) is 0 Å². The molecule has 1 aliphatic rings. The topological polar surface area (TPSA) is 116 Å². The van der Waals surface area contributed by atoms with Crippen molar-refractivity contribution >= 4 is 23.2 Å². The molecule has 0 fully saturated rings. The lowest BCUT2D eigenvalue weighted by Gasteiger charge is -2.14. The smallest absolute Gasteiger partial charge is 0.414 e. The number of carbonyl (C=O) groups excluding carboxylic acids is 1. The zero-order valence-corrected chi connectivity index (χ0v) is 9.86. The number of nitro benzene ring substituents is 2. The van der Waals surface area contributed by atoms with E-state index in [0.717, 1.165) is 18.1 Å². The summed E-state index contributed by atoms with van der Waals surface area (Å²) in [5.41, 5.74) is -0.363. The molecule has 19 heavy (non-hydrogen) atoms. The highest BCUT2D eigenvalue weighted by atomic mass is 16.6. The predicted molar refractivity (Wildman–Crippen MR) is 63.2 cm³/mol. The second kappa shape index (κ2) is 4.52. The summed E-state index contributed by atoms with van der Waals surface area (Å²) in [6.07, 6.45) is -0.414. The number of non-ortho nitro benzene ring substituents is 1. The minimum absolute atomic E-state index is 0.0717. The third kappa shape index (κ3) is 2.05. The van der Waals surface area contributed by atoms with E-state index >= 15 is 0 Å². The number of ether oxygens (including phenoxy) is 1. The molecule has 0 N–H and O–H groups in total. The molecular formula is C10H9N3O6. The van der Waals surface area contributed by atoms with Crippen molar-refractivity contribution in [3.8, 4) is 0 Å². The summed E-state index contributed by atoms with van der Waals surface area (Å²) in [5, 5.41) is 21.7. The lowest BCUT2D eigenvalue weighted by atomic mass is 10.1. The molecule has 0 saturated carbocycles. The average Bonchev–Trinajstić information content (AvgIpc) is 2.80. The van der Waals surface area contributed by atoms with Gasteiger partial charge in [-0.15, -0.1) is 0 Å². The van der Waals surface area contributed by atoms with E-state index in [4.69, 9.17) is 0 Å². The first kappa shape index (κ1) is 12.7. The second-order valence-electron chi connectivity index (χ2n) is 3.86. The number of methoxy groups -OCH3 is 1. The van der Waals surface area contributed by atoms with Crippen LogP contribution in [0.25, 0.3) is 0 Å². The molecule has 1 aromatic rings. The molecule has 0 radical (unpaired) electrons. The van der Waals surface area contributed by atoms with Crippen LogP contribution in [0.4, 0.5) is 21.9 Å². The Labute approximate surface area is 106 Å². The van der Waals surface area contributed by atoms with Gasteiger partial charge >= 0.3 is 6.09 Å². The first-order valence-corrected chi connectivity index (χ1v) is 5.27.